The number of benzene rings is 2. The van der Waals surface area contributed by atoms with Gasteiger partial charge in [0.15, 0.2) is 0 Å². The van der Waals surface area contributed by atoms with E-state index in [1.54, 1.807) is 33.1 Å². The van der Waals surface area contributed by atoms with Crippen LogP contribution in [0.3, 0.4) is 0 Å². The highest BCUT2D eigenvalue weighted by atomic mass is 32.2. The number of amides is 1. The maximum Gasteiger partial charge on any atom is 0.333 e. The van der Waals surface area contributed by atoms with Crippen LogP contribution in [0.2, 0.25) is 0 Å². The van der Waals surface area contributed by atoms with Crippen molar-refractivity contribution in [3.05, 3.63) is 65.6 Å². The molecule has 1 aliphatic heterocycles. The highest BCUT2D eigenvalue weighted by Gasteiger charge is 2.27. The summed E-state index contributed by atoms with van der Waals surface area (Å²) in [4.78, 5) is 19.6. The van der Waals surface area contributed by atoms with Crippen molar-refractivity contribution in [3.8, 4) is 10.6 Å². The zero-order valence-electron chi connectivity index (χ0n) is 14.6. The van der Waals surface area contributed by atoms with Crippen molar-refractivity contribution in [2.75, 3.05) is 11.4 Å². The number of hydrogen-bond donors (Lipinski definition) is 1. The van der Waals surface area contributed by atoms with Crippen molar-refractivity contribution in [2.24, 2.45) is 5.14 Å². The molecule has 0 unspecified atom stereocenters. The van der Waals surface area contributed by atoms with Gasteiger partial charge in [0.1, 0.15) is 10.8 Å². The largest absolute Gasteiger partial charge is 0.333 e. The summed E-state index contributed by atoms with van der Waals surface area (Å²) in [7, 11) is 0. The summed E-state index contributed by atoms with van der Waals surface area (Å²) in [6, 6.07) is 12.6. The second kappa shape index (κ2) is 6.73. The molecule has 0 aliphatic carbocycles. The van der Waals surface area contributed by atoms with Crippen LogP contribution < -0.4 is 10.0 Å². The van der Waals surface area contributed by atoms with E-state index in [1.807, 2.05) is 35.7 Å². The van der Waals surface area contributed by atoms with Gasteiger partial charge in [0.05, 0.1) is 10.4 Å². The molecule has 5 rings (SSSR count). The first kappa shape index (κ1) is 17.4. The van der Waals surface area contributed by atoms with Gasteiger partial charge in [0, 0.05) is 46.9 Å². The van der Waals surface area contributed by atoms with Gasteiger partial charge in [0.25, 0.3) is 0 Å². The summed E-state index contributed by atoms with van der Waals surface area (Å²) in [6.07, 6.45) is 2.47. The number of halogens is 1. The van der Waals surface area contributed by atoms with E-state index in [1.165, 1.54) is 6.07 Å². The van der Waals surface area contributed by atoms with Gasteiger partial charge in [-0.05, 0) is 54.4 Å². The van der Waals surface area contributed by atoms with Crippen molar-refractivity contribution in [2.45, 2.75) is 11.3 Å². The molecule has 4 aromatic rings. The third-order valence-electron chi connectivity index (χ3n) is 4.93. The summed E-state index contributed by atoms with van der Waals surface area (Å²) < 4.78 is 15.7. The highest BCUT2D eigenvalue weighted by molar-refractivity contribution is 7.97. The van der Waals surface area contributed by atoms with Crippen molar-refractivity contribution in [3.63, 3.8) is 0 Å². The Labute approximate surface area is 168 Å². The molecule has 0 saturated heterocycles. The first-order valence-corrected chi connectivity index (χ1v) is 10.4. The number of aromatic nitrogens is 2. The quantitative estimate of drug-likeness (QED) is 0.488. The van der Waals surface area contributed by atoms with E-state index in [0.717, 1.165) is 33.9 Å². The lowest BCUT2D eigenvalue weighted by atomic mass is 10.1. The Kier molecular flexibility index (Phi) is 4.19. The van der Waals surface area contributed by atoms with Crippen LogP contribution in [-0.2, 0) is 6.42 Å². The number of rotatable bonds is 3. The molecule has 2 aromatic carbocycles. The molecule has 140 valence electrons. The molecule has 0 radical (unpaired) electrons. The first-order chi connectivity index (χ1) is 13.7. The minimum atomic E-state index is -0.370. The smallest absolute Gasteiger partial charge is 0.293 e. The van der Waals surface area contributed by atoms with Gasteiger partial charge in [-0.15, -0.1) is 11.3 Å². The minimum Gasteiger partial charge on any atom is -0.293 e. The van der Waals surface area contributed by atoms with Gasteiger partial charge in [-0.3, -0.25) is 14.6 Å². The minimum absolute atomic E-state index is 0.141. The van der Waals surface area contributed by atoms with Crippen LogP contribution in [0.25, 0.3) is 21.5 Å². The Morgan fingerprint density at radius 2 is 2.00 bits per heavy atom. The van der Waals surface area contributed by atoms with Gasteiger partial charge in [-0.2, -0.15) is 0 Å². The Hall–Kier alpha value is -2.68. The van der Waals surface area contributed by atoms with E-state index in [9.17, 15) is 9.18 Å². The predicted octanol–water partition coefficient (Wildman–Crippen LogP) is 4.90. The Balaban J connectivity index is 1.53. The van der Waals surface area contributed by atoms with Crippen LogP contribution in [0.5, 0.6) is 0 Å². The Bertz CT molecular complexity index is 1190. The summed E-state index contributed by atoms with van der Waals surface area (Å²) in [5.74, 6) is -0.370. The number of thiazole rings is 1. The molecule has 5 nitrogen and oxygen atoms in total. The maximum absolute atomic E-state index is 14.1. The lowest BCUT2D eigenvalue weighted by Gasteiger charge is -2.29. The molecule has 0 atom stereocenters. The number of hydrogen-bond acceptors (Lipinski definition) is 5. The van der Waals surface area contributed by atoms with Crippen LogP contribution in [0.4, 0.5) is 14.9 Å². The second-order valence-corrected chi connectivity index (χ2v) is 8.07. The zero-order valence-corrected chi connectivity index (χ0v) is 16.3. The number of anilines is 1. The molecule has 0 spiro atoms. The number of fused-ring (bicyclic) bond motifs is 3. The average Bonchev–Trinajstić information content (AvgIpc) is 3.35. The fourth-order valence-corrected chi connectivity index (χ4v) is 4.59. The Morgan fingerprint density at radius 3 is 2.71 bits per heavy atom. The number of nitrogens with two attached hydrogens (primary N) is 1. The molecular formula is C20H15FN4OS2. The van der Waals surface area contributed by atoms with E-state index in [0.29, 0.717) is 28.8 Å². The normalized spacial score (nSPS) is 13.9. The number of nitrogens with zero attached hydrogens (tertiary/aromatic N) is 3. The Morgan fingerprint density at radius 1 is 1.18 bits per heavy atom. The van der Waals surface area contributed by atoms with E-state index in [-0.39, 0.29) is 11.8 Å². The van der Waals surface area contributed by atoms with E-state index >= 15 is 0 Å². The van der Waals surface area contributed by atoms with Gasteiger partial charge >= 0.3 is 6.03 Å². The standard InChI is InChI=1S/C20H15FN4OS2/c21-16-10-13-9-15-5-7-24(20(26)25(15)17(13)11-18(16)28-22)14-3-1-12(2-4-14)19-23-6-8-27-19/h1-4,6,8-11H,5,7,22H2. The molecule has 1 aliphatic rings. The van der Waals surface area contributed by atoms with E-state index in [4.69, 9.17) is 5.14 Å². The lowest BCUT2D eigenvalue weighted by molar-refractivity contribution is 0.246. The zero-order chi connectivity index (χ0) is 19.3. The predicted molar refractivity (Wildman–Crippen MR) is 111 cm³/mol. The topological polar surface area (TPSA) is 64.2 Å². The van der Waals surface area contributed by atoms with Crippen molar-refractivity contribution in [1.29, 1.82) is 0 Å². The molecule has 2 aromatic heterocycles. The first-order valence-electron chi connectivity index (χ1n) is 8.68. The fraction of sp³-hybridized carbons (Fsp3) is 0.100. The van der Waals surface area contributed by atoms with Crippen LogP contribution in [-0.4, -0.2) is 22.1 Å². The summed E-state index contributed by atoms with van der Waals surface area (Å²) in [5.41, 5.74) is 3.41. The van der Waals surface area contributed by atoms with Crippen LogP contribution in [0, 0.1) is 5.82 Å². The number of carbonyl (C=O) groups is 1. The summed E-state index contributed by atoms with van der Waals surface area (Å²) in [5, 5.41) is 9.16. The van der Waals surface area contributed by atoms with E-state index in [2.05, 4.69) is 4.98 Å². The van der Waals surface area contributed by atoms with Crippen molar-refractivity contribution >= 4 is 45.9 Å². The molecule has 8 heteroatoms. The third-order valence-corrected chi connectivity index (χ3v) is 6.32. The number of carbonyl (C=O) groups excluding carboxylic acids is 1. The molecule has 1 amide bonds. The van der Waals surface area contributed by atoms with Gasteiger partial charge in [-0.25, -0.2) is 14.2 Å². The van der Waals surface area contributed by atoms with E-state index < -0.39 is 0 Å². The molecule has 0 saturated carbocycles. The molecule has 2 N–H and O–H groups in total. The molecule has 28 heavy (non-hydrogen) atoms. The summed E-state index contributed by atoms with van der Waals surface area (Å²) >= 11 is 2.42. The summed E-state index contributed by atoms with van der Waals surface area (Å²) in [6.45, 7) is 0.576. The van der Waals surface area contributed by atoms with Crippen LogP contribution >= 0.6 is 23.3 Å². The van der Waals surface area contributed by atoms with Gasteiger partial charge < -0.3 is 0 Å². The third kappa shape index (κ3) is 2.72. The highest BCUT2D eigenvalue weighted by Crippen LogP contribution is 2.32. The average molecular weight is 410 g/mol. The molecule has 0 fully saturated rings. The van der Waals surface area contributed by atoms with Gasteiger partial charge in [-0.1, -0.05) is 0 Å². The SMILES string of the molecule is NSc1cc2c(cc1F)cc1n2C(=O)N(c2ccc(-c3nccs3)cc2)CC1. The van der Waals surface area contributed by atoms with Crippen LogP contribution in [0.15, 0.2) is 58.9 Å². The second-order valence-electron chi connectivity index (χ2n) is 6.50. The molecule has 0 bridgehead atoms. The maximum atomic E-state index is 14.1. The molecular weight excluding hydrogens is 395 g/mol. The fourth-order valence-electron chi connectivity index (χ4n) is 3.60. The molecule has 3 heterocycles. The van der Waals surface area contributed by atoms with Gasteiger partial charge in [0.2, 0.25) is 0 Å². The lowest BCUT2D eigenvalue weighted by Crippen LogP contribution is -2.41. The monoisotopic (exact) mass is 410 g/mol. The van der Waals surface area contributed by atoms with Crippen LogP contribution in [0.1, 0.15) is 5.69 Å². The van der Waals surface area contributed by atoms with Crippen molar-refractivity contribution in [1.82, 2.24) is 9.55 Å². The van der Waals surface area contributed by atoms with Crippen molar-refractivity contribution < 1.29 is 9.18 Å².